The molecule has 0 bridgehead atoms. The van der Waals surface area contributed by atoms with E-state index in [2.05, 4.69) is 33.0 Å². The summed E-state index contributed by atoms with van der Waals surface area (Å²) in [6.45, 7) is 4.55. The number of nitrogens with zero attached hydrogens (tertiary/aromatic N) is 4. The Balaban J connectivity index is 1.65. The van der Waals surface area contributed by atoms with E-state index in [0.717, 1.165) is 24.4 Å². The highest BCUT2D eigenvalue weighted by Gasteiger charge is 2.21. The van der Waals surface area contributed by atoms with Crippen molar-refractivity contribution in [2.24, 2.45) is 0 Å². The second-order valence-electron chi connectivity index (χ2n) is 6.26. The van der Waals surface area contributed by atoms with E-state index in [-0.39, 0.29) is 11.8 Å². The molecule has 2 amide bonds. The lowest BCUT2D eigenvalue weighted by molar-refractivity contribution is -0.121. The number of carbonyl (C=O) groups excluding carboxylic acids is 2. The normalized spacial score (nSPS) is 11.7. The van der Waals surface area contributed by atoms with Crippen LogP contribution in [0.3, 0.4) is 0 Å². The Labute approximate surface area is 173 Å². The van der Waals surface area contributed by atoms with Crippen LogP contribution in [0.1, 0.15) is 30.6 Å². The minimum atomic E-state index is -0.476. The van der Waals surface area contributed by atoms with Gasteiger partial charge in [-0.1, -0.05) is 36.9 Å². The lowest BCUT2D eigenvalue weighted by Crippen LogP contribution is -2.44. The fourth-order valence-electron chi connectivity index (χ4n) is 2.61. The van der Waals surface area contributed by atoms with Gasteiger partial charge in [-0.3, -0.25) is 25.4 Å². The van der Waals surface area contributed by atoms with Crippen molar-refractivity contribution in [2.45, 2.75) is 37.2 Å². The van der Waals surface area contributed by atoms with E-state index < -0.39 is 5.25 Å². The average molecular weight is 411 g/mol. The SMILES string of the molecule is CCCn1c(S[C@H](C)C(=O)NNC(=O)c2ccccc2)nnc1-c1ccncc1. The van der Waals surface area contributed by atoms with E-state index in [1.807, 2.05) is 22.8 Å². The van der Waals surface area contributed by atoms with Gasteiger partial charge in [0, 0.05) is 30.1 Å². The minimum Gasteiger partial charge on any atom is -0.302 e. The molecular formula is C20H22N6O2S. The summed E-state index contributed by atoms with van der Waals surface area (Å²) in [6.07, 6.45) is 4.31. The molecule has 0 spiro atoms. The zero-order valence-corrected chi connectivity index (χ0v) is 17.0. The number of aromatic nitrogens is 4. The van der Waals surface area contributed by atoms with Gasteiger partial charge in [0.05, 0.1) is 5.25 Å². The van der Waals surface area contributed by atoms with Gasteiger partial charge >= 0.3 is 0 Å². The topological polar surface area (TPSA) is 102 Å². The molecule has 3 rings (SSSR count). The van der Waals surface area contributed by atoms with Gasteiger partial charge in [0.15, 0.2) is 11.0 Å². The van der Waals surface area contributed by atoms with Crippen molar-refractivity contribution in [2.75, 3.05) is 0 Å². The molecule has 3 aromatic rings. The Kier molecular flexibility index (Phi) is 6.96. The molecule has 9 heteroatoms. The fraction of sp³-hybridized carbons (Fsp3) is 0.250. The van der Waals surface area contributed by atoms with E-state index >= 15 is 0 Å². The highest BCUT2D eigenvalue weighted by Crippen LogP contribution is 2.26. The van der Waals surface area contributed by atoms with Crippen LogP contribution in [-0.2, 0) is 11.3 Å². The van der Waals surface area contributed by atoms with Gasteiger partial charge in [-0.05, 0) is 37.6 Å². The number of nitrogens with one attached hydrogen (secondary N) is 2. The molecule has 0 fully saturated rings. The minimum absolute atomic E-state index is 0.323. The van der Waals surface area contributed by atoms with Gasteiger partial charge in [0.2, 0.25) is 0 Å². The molecule has 1 atom stereocenters. The maximum absolute atomic E-state index is 12.4. The summed E-state index contributed by atoms with van der Waals surface area (Å²) in [7, 11) is 0. The molecule has 2 aromatic heterocycles. The summed E-state index contributed by atoms with van der Waals surface area (Å²) < 4.78 is 1.99. The zero-order valence-electron chi connectivity index (χ0n) is 16.2. The lowest BCUT2D eigenvalue weighted by atomic mass is 10.2. The number of amides is 2. The van der Waals surface area contributed by atoms with E-state index in [1.54, 1.807) is 43.6 Å². The number of pyridine rings is 1. The molecule has 29 heavy (non-hydrogen) atoms. The Morgan fingerprint density at radius 3 is 2.48 bits per heavy atom. The van der Waals surface area contributed by atoms with Crippen LogP contribution in [0.5, 0.6) is 0 Å². The second-order valence-corrected chi connectivity index (χ2v) is 7.57. The first-order valence-corrected chi connectivity index (χ1v) is 10.1. The molecule has 0 aliphatic rings. The Morgan fingerprint density at radius 1 is 1.07 bits per heavy atom. The van der Waals surface area contributed by atoms with Crippen LogP contribution in [0.4, 0.5) is 0 Å². The van der Waals surface area contributed by atoms with Crippen molar-refractivity contribution in [3.05, 3.63) is 60.4 Å². The van der Waals surface area contributed by atoms with Gasteiger partial charge in [-0.25, -0.2) is 0 Å². The summed E-state index contributed by atoms with van der Waals surface area (Å²) in [4.78, 5) is 28.5. The monoisotopic (exact) mass is 410 g/mol. The Morgan fingerprint density at radius 2 is 1.79 bits per heavy atom. The van der Waals surface area contributed by atoms with Crippen molar-refractivity contribution >= 4 is 23.6 Å². The third-order valence-corrected chi connectivity index (χ3v) is 5.17. The summed E-state index contributed by atoms with van der Waals surface area (Å²) in [5, 5.41) is 8.73. The zero-order chi connectivity index (χ0) is 20.6. The first-order chi connectivity index (χ1) is 14.1. The standard InChI is InChI=1S/C20H22N6O2S/c1-3-13-26-17(15-9-11-21-12-10-15)22-25-20(26)29-14(2)18(27)23-24-19(28)16-7-5-4-6-8-16/h4-12,14H,3,13H2,1-2H3,(H,23,27)(H,24,28)/t14-/m1/s1. The van der Waals surface area contributed by atoms with Crippen LogP contribution < -0.4 is 10.9 Å². The molecule has 0 aliphatic heterocycles. The molecule has 150 valence electrons. The van der Waals surface area contributed by atoms with Crippen molar-refractivity contribution in [1.82, 2.24) is 30.6 Å². The van der Waals surface area contributed by atoms with Gasteiger partial charge in [0.1, 0.15) is 0 Å². The van der Waals surface area contributed by atoms with Crippen molar-refractivity contribution in [3.8, 4) is 11.4 Å². The molecule has 2 N–H and O–H groups in total. The number of hydrogen-bond acceptors (Lipinski definition) is 6. The molecule has 2 heterocycles. The number of benzene rings is 1. The maximum atomic E-state index is 12.4. The quantitative estimate of drug-likeness (QED) is 0.459. The lowest BCUT2D eigenvalue weighted by Gasteiger charge is -2.14. The Bertz CT molecular complexity index is 962. The molecule has 0 radical (unpaired) electrons. The van der Waals surface area contributed by atoms with Crippen LogP contribution in [0.15, 0.2) is 60.0 Å². The third-order valence-electron chi connectivity index (χ3n) is 4.09. The number of carbonyl (C=O) groups is 2. The predicted octanol–water partition coefficient (Wildman–Crippen LogP) is 2.69. The summed E-state index contributed by atoms with van der Waals surface area (Å²) in [5.41, 5.74) is 6.29. The van der Waals surface area contributed by atoms with Gasteiger partial charge in [-0.15, -0.1) is 10.2 Å². The molecular weight excluding hydrogens is 388 g/mol. The van der Waals surface area contributed by atoms with E-state index in [1.165, 1.54) is 11.8 Å². The van der Waals surface area contributed by atoms with Crippen molar-refractivity contribution in [1.29, 1.82) is 0 Å². The number of hydrazine groups is 1. The summed E-state index contributed by atoms with van der Waals surface area (Å²) in [6, 6.07) is 12.4. The molecule has 0 unspecified atom stereocenters. The maximum Gasteiger partial charge on any atom is 0.269 e. The summed E-state index contributed by atoms with van der Waals surface area (Å²) in [5.74, 6) is 0.0443. The number of hydrogen-bond donors (Lipinski definition) is 2. The molecule has 0 saturated carbocycles. The highest BCUT2D eigenvalue weighted by atomic mass is 32.2. The van der Waals surface area contributed by atoms with Crippen molar-refractivity contribution in [3.63, 3.8) is 0 Å². The first kappa shape index (κ1) is 20.5. The second kappa shape index (κ2) is 9.83. The smallest absolute Gasteiger partial charge is 0.269 e. The van der Waals surface area contributed by atoms with Gasteiger partial charge < -0.3 is 4.57 Å². The largest absolute Gasteiger partial charge is 0.302 e. The Hall–Kier alpha value is -3.20. The van der Waals surface area contributed by atoms with Crippen LogP contribution in [0, 0.1) is 0 Å². The van der Waals surface area contributed by atoms with Crippen molar-refractivity contribution < 1.29 is 9.59 Å². The van der Waals surface area contributed by atoms with Crippen LogP contribution in [0.2, 0.25) is 0 Å². The molecule has 1 aromatic carbocycles. The van der Waals surface area contributed by atoms with E-state index in [9.17, 15) is 9.59 Å². The highest BCUT2D eigenvalue weighted by molar-refractivity contribution is 8.00. The first-order valence-electron chi connectivity index (χ1n) is 9.25. The van der Waals surface area contributed by atoms with Crippen LogP contribution in [-0.4, -0.2) is 36.8 Å². The van der Waals surface area contributed by atoms with Crippen LogP contribution >= 0.6 is 11.8 Å². The molecule has 0 saturated heterocycles. The van der Waals surface area contributed by atoms with Gasteiger partial charge in [0.25, 0.3) is 11.8 Å². The van der Waals surface area contributed by atoms with E-state index in [0.29, 0.717) is 10.7 Å². The summed E-state index contributed by atoms with van der Waals surface area (Å²) >= 11 is 1.29. The predicted molar refractivity (Wildman–Crippen MR) is 111 cm³/mol. The van der Waals surface area contributed by atoms with Gasteiger partial charge in [-0.2, -0.15) is 0 Å². The van der Waals surface area contributed by atoms with Crippen LogP contribution in [0.25, 0.3) is 11.4 Å². The fourth-order valence-corrected chi connectivity index (χ4v) is 3.48. The molecule has 0 aliphatic carbocycles. The number of rotatable bonds is 7. The average Bonchev–Trinajstić information content (AvgIpc) is 3.15. The number of thioether (sulfide) groups is 1. The van der Waals surface area contributed by atoms with E-state index in [4.69, 9.17) is 0 Å². The molecule has 8 nitrogen and oxygen atoms in total. The third kappa shape index (κ3) is 5.20.